The van der Waals surface area contributed by atoms with Gasteiger partial charge in [-0.05, 0) is 12.0 Å². The van der Waals surface area contributed by atoms with Crippen molar-refractivity contribution in [3.63, 3.8) is 0 Å². The van der Waals surface area contributed by atoms with Gasteiger partial charge in [0.05, 0.1) is 34.4 Å². The predicted molar refractivity (Wildman–Crippen MR) is 159 cm³/mol. The highest BCUT2D eigenvalue weighted by molar-refractivity contribution is 7.45. The smallest absolute Gasteiger partial charge is 0.305 e. The Morgan fingerprint density at radius 1 is 0.850 bits per heavy atom. The minimum Gasteiger partial charge on any atom is -0.756 e. The fourth-order valence-electron chi connectivity index (χ4n) is 4.18. The van der Waals surface area contributed by atoms with Gasteiger partial charge in [-0.25, -0.2) is 0 Å². The number of unbranched alkanes of at least 4 members (excludes halogenated alkanes) is 12. The topological polar surface area (TPSA) is 94.1 Å². The Bertz CT molecular complexity index is 801. The van der Waals surface area contributed by atoms with E-state index in [1.54, 1.807) is 0 Å². The van der Waals surface area contributed by atoms with Crippen molar-refractivity contribution in [3.05, 3.63) is 35.9 Å². The first-order valence-electron chi connectivity index (χ1n) is 15.3. The number of esters is 1. The first-order valence-corrected chi connectivity index (χ1v) is 16.8. The van der Waals surface area contributed by atoms with Crippen molar-refractivity contribution >= 4 is 13.8 Å². The molecule has 0 spiro atoms. The van der Waals surface area contributed by atoms with E-state index in [4.69, 9.17) is 18.5 Å². The second-order valence-electron chi connectivity index (χ2n) is 11.7. The summed E-state index contributed by atoms with van der Waals surface area (Å²) < 4.78 is 34.2. The van der Waals surface area contributed by atoms with Gasteiger partial charge in [-0.3, -0.25) is 9.36 Å². The summed E-state index contributed by atoms with van der Waals surface area (Å²) in [6.07, 6.45) is 15.4. The maximum Gasteiger partial charge on any atom is 0.305 e. The Kier molecular flexibility index (Phi) is 20.5. The number of rotatable bonds is 26. The summed E-state index contributed by atoms with van der Waals surface area (Å²) in [5.41, 5.74) is 0.949. The van der Waals surface area contributed by atoms with E-state index >= 15 is 0 Å². The normalized spacial score (nSPS) is 14.1. The van der Waals surface area contributed by atoms with Gasteiger partial charge >= 0.3 is 5.97 Å². The summed E-state index contributed by atoms with van der Waals surface area (Å²) in [7, 11) is 1.23. The summed E-state index contributed by atoms with van der Waals surface area (Å²) >= 11 is 0. The first kappa shape index (κ1) is 36.7. The van der Waals surface area contributed by atoms with E-state index in [1.165, 1.54) is 64.2 Å². The molecule has 0 saturated heterocycles. The van der Waals surface area contributed by atoms with E-state index < -0.39 is 13.9 Å². The average molecular weight is 586 g/mol. The van der Waals surface area contributed by atoms with E-state index in [1.807, 2.05) is 51.5 Å². The summed E-state index contributed by atoms with van der Waals surface area (Å²) in [5, 5.41) is 0. The summed E-state index contributed by atoms with van der Waals surface area (Å²) in [4.78, 5) is 24.7. The number of benzene rings is 1. The molecule has 0 heterocycles. The van der Waals surface area contributed by atoms with Gasteiger partial charge in [-0.1, -0.05) is 114 Å². The number of nitrogens with zero attached hydrogens (tertiary/aromatic N) is 1. The Morgan fingerprint density at radius 3 is 1.95 bits per heavy atom. The van der Waals surface area contributed by atoms with Crippen LogP contribution in [0.1, 0.15) is 102 Å². The van der Waals surface area contributed by atoms with Crippen LogP contribution in [0.5, 0.6) is 0 Å². The number of likely N-dealkylation sites (N-methyl/N-ethyl adjacent to an activating group) is 1. The van der Waals surface area contributed by atoms with Crippen LogP contribution >= 0.6 is 7.82 Å². The molecule has 0 aromatic heterocycles. The lowest BCUT2D eigenvalue weighted by Gasteiger charge is -2.30. The van der Waals surface area contributed by atoms with E-state index in [0.29, 0.717) is 24.1 Å². The summed E-state index contributed by atoms with van der Waals surface area (Å²) in [5.74, 6) is -0.355. The van der Waals surface area contributed by atoms with Gasteiger partial charge in [0, 0.05) is 6.42 Å². The Morgan fingerprint density at radius 2 is 1.40 bits per heavy atom. The Balaban J connectivity index is 2.29. The molecule has 0 aliphatic carbocycles. The average Bonchev–Trinajstić information content (AvgIpc) is 2.89. The number of quaternary nitrogens is 1. The minimum atomic E-state index is -4.59. The molecule has 8 nitrogen and oxygen atoms in total. The van der Waals surface area contributed by atoms with Crippen molar-refractivity contribution in [1.82, 2.24) is 0 Å². The number of ether oxygens (including phenoxy) is 2. The molecule has 0 bridgehead atoms. The third-order valence-corrected chi connectivity index (χ3v) is 7.67. The SMILES string of the molecule is CCCCCCCCCCCCCCCC(=O)OC[C@H](COCc1ccccc1)OP(=O)([O-])OCC[N+](C)(C)C. The molecule has 0 radical (unpaired) electrons. The maximum atomic E-state index is 12.4. The number of hydrogen-bond donors (Lipinski definition) is 0. The van der Waals surface area contributed by atoms with Crippen molar-refractivity contribution in [2.75, 3.05) is 47.5 Å². The first-order chi connectivity index (χ1) is 19.1. The molecule has 0 N–H and O–H groups in total. The van der Waals surface area contributed by atoms with Crippen LogP contribution in [-0.2, 0) is 34.5 Å². The standard InChI is InChI=1S/C31H56NO7P/c1-5-6-7-8-9-10-11-12-13-14-15-16-20-23-31(33)37-28-30(27-36-26-29-21-18-17-19-22-29)39-40(34,35)38-25-24-32(2,3)4/h17-19,21-22,30H,5-16,20,23-28H2,1-4H3/t30-/m0/s1. The molecule has 0 aliphatic heterocycles. The van der Waals surface area contributed by atoms with Crippen molar-refractivity contribution < 1.29 is 37.3 Å². The van der Waals surface area contributed by atoms with E-state index in [0.717, 1.165) is 24.8 Å². The van der Waals surface area contributed by atoms with Gasteiger partial charge < -0.3 is 27.9 Å². The molecule has 1 aromatic rings. The molecular weight excluding hydrogens is 529 g/mol. The number of phosphoric acid groups is 1. The number of carbonyl (C=O) groups is 1. The number of hydrogen-bond acceptors (Lipinski definition) is 7. The zero-order chi connectivity index (χ0) is 29.5. The minimum absolute atomic E-state index is 0.000700. The zero-order valence-electron chi connectivity index (χ0n) is 25.7. The monoisotopic (exact) mass is 585 g/mol. The van der Waals surface area contributed by atoms with E-state index in [-0.39, 0.29) is 25.8 Å². The van der Waals surface area contributed by atoms with Crippen LogP contribution in [0.25, 0.3) is 0 Å². The molecule has 9 heteroatoms. The van der Waals surface area contributed by atoms with E-state index in [2.05, 4.69) is 6.92 Å². The molecule has 2 atom stereocenters. The van der Waals surface area contributed by atoms with Gasteiger partial charge in [-0.2, -0.15) is 0 Å². The number of carbonyl (C=O) groups excluding carboxylic acids is 1. The highest BCUT2D eigenvalue weighted by Gasteiger charge is 2.22. The molecule has 1 rings (SSSR count). The summed E-state index contributed by atoms with van der Waals surface area (Å²) in [6.45, 7) is 2.78. The lowest BCUT2D eigenvalue weighted by molar-refractivity contribution is -0.870. The van der Waals surface area contributed by atoms with Gasteiger partial charge in [0.25, 0.3) is 7.82 Å². The van der Waals surface area contributed by atoms with Crippen LogP contribution in [0.3, 0.4) is 0 Å². The molecule has 0 amide bonds. The molecule has 0 aliphatic rings. The van der Waals surface area contributed by atoms with Crippen molar-refractivity contribution in [2.45, 2.75) is 110 Å². The second-order valence-corrected chi connectivity index (χ2v) is 13.1. The molecule has 232 valence electrons. The molecule has 40 heavy (non-hydrogen) atoms. The van der Waals surface area contributed by atoms with Crippen molar-refractivity contribution in [2.24, 2.45) is 0 Å². The second kappa shape index (κ2) is 22.3. The van der Waals surface area contributed by atoms with Crippen LogP contribution in [0.4, 0.5) is 0 Å². The van der Waals surface area contributed by atoms with Crippen LogP contribution in [0, 0.1) is 0 Å². The van der Waals surface area contributed by atoms with Crippen molar-refractivity contribution in [1.29, 1.82) is 0 Å². The molecule has 0 fully saturated rings. The van der Waals surface area contributed by atoms with Gasteiger partial charge in [0.2, 0.25) is 0 Å². The highest BCUT2D eigenvalue weighted by atomic mass is 31.2. The van der Waals surface area contributed by atoms with E-state index in [9.17, 15) is 14.3 Å². The third kappa shape index (κ3) is 22.4. The lowest BCUT2D eigenvalue weighted by Crippen LogP contribution is -2.38. The molecular formula is C31H56NO7P. The third-order valence-electron chi connectivity index (χ3n) is 6.62. The largest absolute Gasteiger partial charge is 0.756 e. The Labute approximate surface area is 243 Å². The van der Waals surface area contributed by atoms with Crippen LogP contribution in [0.2, 0.25) is 0 Å². The molecule has 1 aromatic carbocycles. The van der Waals surface area contributed by atoms with Crippen LogP contribution in [-0.4, -0.2) is 64.1 Å². The Hall–Kier alpha value is -1.28. The van der Waals surface area contributed by atoms with Gasteiger partial charge in [0.1, 0.15) is 25.9 Å². The fourth-order valence-corrected chi connectivity index (χ4v) is 5.03. The predicted octanol–water partition coefficient (Wildman–Crippen LogP) is 6.80. The van der Waals surface area contributed by atoms with Gasteiger partial charge in [0.15, 0.2) is 0 Å². The van der Waals surface area contributed by atoms with Gasteiger partial charge in [-0.15, -0.1) is 0 Å². The highest BCUT2D eigenvalue weighted by Crippen LogP contribution is 2.40. The summed E-state index contributed by atoms with van der Waals surface area (Å²) in [6, 6.07) is 9.54. The van der Waals surface area contributed by atoms with Crippen LogP contribution in [0.15, 0.2) is 30.3 Å². The lowest BCUT2D eigenvalue weighted by atomic mass is 10.0. The molecule has 0 saturated carbocycles. The quantitative estimate of drug-likeness (QED) is 0.0511. The molecule has 1 unspecified atom stereocenters. The maximum absolute atomic E-state index is 12.4. The number of phosphoric ester groups is 1. The zero-order valence-corrected chi connectivity index (χ0v) is 26.5. The fraction of sp³-hybridized carbons (Fsp3) is 0.774. The van der Waals surface area contributed by atoms with Crippen molar-refractivity contribution in [3.8, 4) is 0 Å². The van der Waals surface area contributed by atoms with Crippen LogP contribution < -0.4 is 4.89 Å².